The summed E-state index contributed by atoms with van der Waals surface area (Å²) in [5.74, 6) is 0.260. The first-order valence-corrected chi connectivity index (χ1v) is 8.55. The van der Waals surface area contributed by atoms with Crippen molar-refractivity contribution in [2.45, 2.75) is 11.3 Å². The molecule has 0 unspecified atom stereocenters. The Hall–Kier alpha value is -0.820. The van der Waals surface area contributed by atoms with Crippen LogP contribution in [0.4, 0.5) is 5.69 Å². The molecule has 2 rings (SSSR count). The maximum absolute atomic E-state index is 12.5. The van der Waals surface area contributed by atoms with Crippen LogP contribution in [-0.4, -0.2) is 43.5 Å². The smallest absolute Gasteiger partial charge is 0.243 e. The number of fused-ring (bicyclic) bond motifs is 1. The number of nitrogens with zero attached hydrogens (tertiary/aromatic N) is 1. The van der Waals surface area contributed by atoms with Gasteiger partial charge in [-0.25, -0.2) is 8.42 Å². The summed E-state index contributed by atoms with van der Waals surface area (Å²) in [4.78, 5) is 11.4. The molecule has 110 valence electrons. The largest absolute Gasteiger partial charge is 0.326 e. The van der Waals surface area contributed by atoms with Gasteiger partial charge in [-0.05, 0) is 23.8 Å². The predicted octanol–water partition coefficient (Wildman–Crippen LogP) is 1.65. The Labute approximate surface area is 127 Å². The van der Waals surface area contributed by atoms with Gasteiger partial charge < -0.3 is 5.32 Å². The topological polar surface area (TPSA) is 66.5 Å². The van der Waals surface area contributed by atoms with Crippen molar-refractivity contribution in [1.29, 1.82) is 0 Å². The van der Waals surface area contributed by atoms with E-state index in [1.165, 1.54) is 16.4 Å². The molecule has 1 aliphatic rings. The lowest BCUT2D eigenvalue weighted by molar-refractivity contribution is -0.115. The number of anilines is 1. The molecule has 1 aromatic rings. The molecule has 0 saturated heterocycles. The number of sulfonamides is 1. The summed E-state index contributed by atoms with van der Waals surface area (Å²) in [5, 5.41) is 2.67. The van der Waals surface area contributed by atoms with Crippen LogP contribution in [0.1, 0.15) is 5.56 Å². The molecule has 0 atom stereocenters. The van der Waals surface area contributed by atoms with Gasteiger partial charge in [0.1, 0.15) is 0 Å². The van der Waals surface area contributed by atoms with Crippen molar-refractivity contribution < 1.29 is 13.2 Å². The number of alkyl halides is 2. The van der Waals surface area contributed by atoms with Crippen LogP contribution in [0.3, 0.4) is 0 Å². The van der Waals surface area contributed by atoms with E-state index in [0.717, 1.165) is 0 Å². The van der Waals surface area contributed by atoms with E-state index in [2.05, 4.69) is 5.32 Å². The second kappa shape index (κ2) is 6.30. The van der Waals surface area contributed by atoms with Crippen LogP contribution in [0, 0.1) is 0 Å². The number of benzene rings is 1. The number of nitrogens with one attached hydrogen (secondary N) is 1. The molecule has 1 aliphatic heterocycles. The highest BCUT2D eigenvalue weighted by molar-refractivity contribution is 7.89. The average molecular weight is 337 g/mol. The highest BCUT2D eigenvalue weighted by Gasteiger charge is 2.26. The maximum atomic E-state index is 12.5. The minimum Gasteiger partial charge on any atom is -0.326 e. The fraction of sp³-hybridized carbons (Fsp3) is 0.417. The molecule has 20 heavy (non-hydrogen) atoms. The van der Waals surface area contributed by atoms with E-state index in [9.17, 15) is 13.2 Å². The quantitative estimate of drug-likeness (QED) is 0.803. The summed E-state index contributed by atoms with van der Waals surface area (Å²) in [6, 6.07) is 4.61. The van der Waals surface area contributed by atoms with E-state index in [1.807, 2.05) is 0 Å². The Kier molecular flexibility index (Phi) is 4.90. The van der Waals surface area contributed by atoms with Gasteiger partial charge in [0, 0.05) is 30.5 Å². The van der Waals surface area contributed by atoms with Gasteiger partial charge >= 0.3 is 0 Å². The Balaban J connectivity index is 2.34. The minimum atomic E-state index is -3.64. The first kappa shape index (κ1) is 15.6. The summed E-state index contributed by atoms with van der Waals surface area (Å²) >= 11 is 11.3. The van der Waals surface area contributed by atoms with Crippen molar-refractivity contribution in [1.82, 2.24) is 4.31 Å². The number of hydrogen-bond donors (Lipinski definition) is 1. The molecule has 0 aliphatic carbocycles. The SMILES string of the molecule is O=C1Cc2cc(S(=O)(=O)N(CCCl)CCCl)ccc2N1. The first-order valence-electron chi connectivity index (χ1n) is 6.04. The molecule has 0 spiro atoms. The van der Waals surface area contributed by atoms with Gasteiger partial charge in [0.05, 0.1) is 11.3 Å². The highest BCUT2D eigenvalue weighted by atomic mass is 35.5. The zero-order valence-electron chi connectivity index (χ0n) is 10.6. The second-order valence-corrected chi connectivity index (χ2v) is 7.02. The van der Waals surface area contributed by atoms with Gasteiger partial charge in [-0.2, -0.15) is 4.31 Å². The number of carbonyl (C=O) groups is 1. The van der Waals surface area contributed by atoms with Crippen LogP contribution in [-0.2, 0) is 21.2 Å². The molecule has 1 aromatic carbocycles. The van der Waals surface area contributed by atoms with E-state index < -0.39 is 10.0 Å². The van der Waals surface area contributed by atoms with Gasteiger partial charge in [0.2, 0.25) is 15.9 Å². The molecule has 5 nitrogen and oxygen atoms in total. The molecule has 1 amide bonds. The number of halogens is 2. The van der Waals surface area contributed by atoms with Gasteiger partial charge in [-0.15, -0.1) is 23.2 Å². The molecule has 0 saturated carbocycles. The van der Waals surface area contributed by atoms with E-state index in [0.29, 0.717) is 11.3 Å². The van der Waals surface area contributed by atoms with Gasteiger partial charge in [0.15, 0.2) is 0 Å². The Bertz CT molecular complexity index is 613. The molecule has 0 bridgehead atoms. The molecular weight excluding hydrogens is 323 g/mol. The Morgan fingerprint density at radius 3 is 2.45 bits per heavy atom. The number of hydrogen-bond acceptors (Lipinski definition) is 3. The molecule has 0 aromatic heterocycles. The molecule has 1 heterocycles. The summed E-state index contributed by atoms with van der Waals surface area (Å²) in [5.41, 5.74) is 1.35. The molecule has 1 N–H and O–H groups in total. The lowest BCUT2D eigenvalue weighted by Crippen LogP contribution is -2.34. The third-order valence-electron chi connectivity index (χ3n) is 3.01. The zero-order valence-corrected chi connectivity index (χ0v) is 12.9. The summed E-state index contributed by atoms with van der Waals surface area (Å²) < 4.78 is 26.2. The summed E-state index contributed by atoms with van der Waals surface area (Å²) in [7, 11) is -3.64. The van der Waals surface area contributed by atoms with Crippen molar-refractivity contribution in [3.8, 4) is 0 Å². The zero-order chi connectivity index (χ0) is 14.8. The van der Waals surface area contributed by atoms with Crippen molar-refractivity contribution in [2.75, 3.05) is 30.2 Å². The van der Waals surface area contributed by atoms with Crippen molar-refractivity contribution >= 4 is 44.8 Å². The fourth-order valence-electron chi connectivity index (χ4n) is 2.06. The van der Waals surface area contributed by atoms with Gasteiger partial charge in [-0.3, -0.25) is 4.79 Å². The number of amides is 1. The monoisotopic (exact) mass is 336 g/mol. The lowest BCUT2D eigenvalue weighted by Gasteiger charge is -2.20. The predicted molar refractivity (Wildman–Crippen MR) is 79.0 cm³/mol. The van der Waals surface area contributed by atoms with E-state index in [1.54, 1.807) is 6.07 Å². The molecule has 0 radical (unpaired) electrons. The van der Waals surface area contributed by atoms with Crippen LogP contribution in [0.25, 0.3) is 0 Å². The lowest BCUT2D eigenvalue weighted by atomic mass is 10.2. The third kappa shape index (κ3) is 3.09. The number of carbonyl (C=O) groups excluding carboxylic acids is 1. The van der Waals surface area contributed by atoms with Crippen LogP contribution in [0.15, 0.2) is 23.1 Å². The summed E-state index contributed by atoms with van der Waals surface area (Å²) in [6.45, 7) is 0.399. The molecular formula is C12H14Cl2N2O3S. The van der Waals surface area contributed by atoms with Crippen LogP contribution >= 0.6 is 23.2 Å². The van der Waals surface area contributed by atoms with Gasteiger partial charge in [0.25, 0.3) is 0 Å². The first-order chi connectivity index (χ1) is 9.48. The van der Waals surface area contributed by atoms with Crippen molar-refractivity contribution in [3.05, 3.63) is 23.8 Å². The van der Waals surface area contributed by atoms with Crippen molar-refractivity contribution in [2.24, 2.45) is 0 Å². The molecule has 0 fully saturated rings. The second-order valence-electron chi connectivity index (χ2n) is 4.33. The Morgan fingerprint density at radius 2 is 1.85 bits per heavy atom. The fourth-order valence-corrected chi connectivity index (χ4v) is 4.16. The minimum absolute atomic E-state index is 0.132. The highest BCUT2D eigenvalue weighted by Crippen LogP contribution is 2.27. The standard InChI is InChI=1S/C12H14Cl2N2O3S/c13-3-5-16(6-4-14)20(18,19)10-1-2-11-9(7-10)8-12(17)15-11/h1-2,7H,3-6,8H2,(H,15,17). The third-order valence-corrected chi connectivity index (χ3v) is 5.24. The maximum Gasteiger partial charge on any atom is 0.243 e. The van der Waals surface area contributed by atoms with Crippen LogP contribution < -0.4 is 5.32 Å². The van der Waals surface area contributed by atoms with E-state index >= 15 is 0 Å². The van der Waals surface area contributed by atoms with E-state index in [4.69, 9.17) is 23.2 Å². The van der Waals surface area contributed by atoms with Gasteiger partial charge in [-0.1, -0.05) is 0 Å². The Morgan fingerprint density at radius 1 is 1.20 bits per heavy atom. The van der Waals surface area contributed by atoms with Crippen molar-refractivity contribution in [3.63, 3.8) is 0 Å². The average Bonchev–Trinajstić information content (AvgIpc) is 2.77. The molecule has 8 heteroatoms. The van der Waals surface area contributed by atoms with Crippen LogP contribution in [0.2, 0.25) is 0 Å². The van der Waals surface area contributed by atoms with E-state index in [-0.39, 0.29) is 42.1 Å². The normalized spacial score (nSPS) is 14.4. The summed E-state index contributed by atoms with van der Waals surface area (Å²) in [6.07, 6.45) is 0.198. The number of rotatable bonds is 6. The van der Waals surface area contributed by atoms with Crippen LogP contribution in [0.5, 0.6) is 0 Å².